The van der Waals surface area contributed by atoms with Crippen LogP contribution in [0.3, 0.4) is 0 Å². The first-order chi connectivity index (χ1) is 9.29. The van der Waals surface area contributed by atoms with Crippen LogP contribution in [0.4, 0.5) is 4.39 Å². The summed E-state index contributed by atoms with van der Waals surface area (Å²) in [5, 5.41) is 0.944. The quantitative estimate of drug-likeness (QED) is 0.647. The van der Waals surface area contributed by atoms with E-state index in [2.05, 4.69) is 4.98 Å². The standard InChI is InChI=1S/C16H10FNO/c17-12-6-7-13(11(9-12)10-19)14-3-1-5-16-15(14)4-2-8-18-16/h1-10H. The SMILES string of the molecule is O=Cc1cc(F)ccc1-c1cccc2ncccc12. The van der Waals surface area contributed by atoms with Crippen LogP contribution in [0.25, 0.3) is 22.0 Å². The molecule has 92 valence electrons. The van der Waals surface area contributed by atoms with Gasteiger partial charge in [0.25, 0.3) is 0 Å². The van der Waals surface area contributed by atoms with Gasteiger partial charge in [-0.1, -0.05) is 24.3 Å². The zero-order valence-electron chi connectivity index (χ0n) is 10.0. The van der Waals surface area contributed by atoms with Crippen LogP contribution in [-0.4, -0.2) is 11.3 Å². The molecule has 0 radical (unpaired) electrons. The van der Waals surface area contributed by atoms with E-state index in [0.29, 0.717) is 11.8 Å². The fraction of sp³-hybridized carbons (Fsp3) is 0. The molecule has 0 saturated carbocycles. The highest BCUT2D eigenvalue weighted by atomic mass is 19.1. The Labute approximate surface area is 109 Å². The Morgan fingerprint density at radius 1 is 1.00 bits per heavy atom. The smallest absolute Gasteiger partial charge is 0.150 e. The highest BCUT2D eigenvalue weighted by Gasteiger charge is 2.09. The Hall–Kier alpha value is -2.55. The summed E-state index contributed by atoms with van der Waals surface area (Å²) in [7, 11) is 0. The van der Waals surface area contributed by atoms with E-state index in [0.717, 1.165) is 22.0 Å². The highest BCUT2D eigenvalue weighted by molar-refractivity contribution is 5.99. The number of carbonyl (C=O) groups excluding carboxylic acids is 1. The van der Waals surface area contributed by atoms with E-state index < -0.39 is 5.82 Å². The average Bonchev–Trinajstić information content (AvgIpc) is 2.46. The highest BCUT2D eigenvalue weighted by Crippen LogP contribution is 2.29. The minimum Gasteiger partial charge on any atom is -0.298 e. The molecule has 0 aliphatic carbocycles. The Morgan fingerprint density at radius 3 is 2.74 bits per heavy atom. The third kappa shape index (κ3) is 1.99. The molecule has 0 unspecified atom stereocenters. The summed E-state index contributed by atoms with van der Waals surface area (Å²) in [4.78, 5) is 15.4. The fourth-order valence-corrected chi connectivity index (χ4v) is 2.21. The lowest BCUT2D eigenvalue weighted by atomic mass is 9.96. The number of halogens is 1. The van der Waals surface area contributed by atoms with Crippen molar-refractivity contribution < 1.29 is 9.18 Å². The molecule has 1 heterocycles. The summed E-state index contributed by atoms with van der Waals surface area (Å²) >= 11 is 0. The fourth-order valence-electron chi connectivity index (χ4n) is 2.21. The van der Waals surface area contributed by atoms with Crippen LogP contribution in [0.2, 0.25) is 0 Å². The van der Waals surface area contributed by atoms with Gasteiger partial charge in [0.05, 0.1) is 5.52 Å². The number of rotatable bonds is 2. The van der Waals surface area contributed by atoms with E-state index in [1.165, 1.54) is 12.1 Å². The molecule has 2 nitrogen and oxygen atoms in total. The van der Waals surface area contributed by atoms with Crippen LogP contribution < -0.4 is 0 Å². The molecule has 0 aliphatic heterocycles. The molecule has 3 heteroatoms. The van der Waals surface area contributed by atoms with E-state index in [4.69, 9.17) is 0 Å². The lowest BCUT2D eigenvalue weighted by molar-refractivity contribution is 0.112. The van der Waals surface area contributed by atoms with Crippen molar-refractivity contribution in [2.45, 2.75) is 0 Å². The molecule has 0 atom stereocenters. The normalized spacial score (nSPS) is 10.6. The van der Waals surface area contributed by atoms with Gasteiger partial charge in [0.15, 0.2) is 6.29 Å². The first kappa shape index (κ1) is 11.5. The summed E-state index contributed by atoms with van der Waals surface area (Å²) in [6.45, 7) is 0. The molecule has 0 spiro atoms. The number of hydrogen-bond acceptors (Lipinski definition) is 2. The van der Waals surface area contributed by atoms with Crippen LogP contribution in [0.1, 0.15) is 10.4 Å². The first-order valence-electron chi connectivity index (χ1n) is 5.88. The van der Waals surface area contributed by atoms with E-state index in [-0.39, 0.29) is 0 Å². The summed E-state index contributed by atoms with van der Waals surface area (Å²) < 4.78 is 13.2. The maximum Gasteiger partial charge on any atom is 0.150 e. The van der Waals surface area contributed by atoms with E-state index in [9.17, 15) is 9.18 Å². The number of aromatic nitrogens is 1. The van der Waals surface area contributed by atoms with Crippen molar-refractivity contribution in [1.82, 2.24) is 4.98 Å². The third-order valence-corrected chi connectivity index (χ3v) is 3.08. The molecule has 2 aromatic carbocycles. The number of pyridine rings is 1. The van der Waals surface area contributed by atoms with Gasteiger partial charge in [-0.15, -0.1) is 0 Å². The zero-order chi connectivity index (χ0) is 13.2. The molecular formula is C16H10FNO. The maximum atomic E-state index is 13.2. The number of nitrogens with zero attached hydrogens (tertiary/aromatic N) is 1. The van der Waals surface area contributed by atoms with Gasteiger partial charge in [0, 0.05) is 17.1 Å². The van der Waals surface area contributed by atoms with Crippen molar-refractivity contribution in [3.05, 3.63) is 66.1 Å². The van der Waals surface area contributed by atoms with Crippen LogP contribution in [0.15, 0.2) is 54.7 Å². The minimum absolute atomic E-state index is 0.344. The van der Waals surface area contributed by atoms with Crippen molar-refractivity contribution in [2.75, 3.05) is 0 Å². The van der Waals surface area contributed by atoms with E-state index >= 15 is 0 Å². The van der Waals surface area contributed by atoms with Gasteiger partial charge in [-0.2, -0.15) is 0 Å². The Morgan fingerprint density at radius 2 is 1.89 bits per heavy atom. The van der Waals surface area contributed by atoms with Gasteiger partial charge in [0.2, 0.25) is 0 Å². The van der Waals surface area contributed by atoms with Gasteiger partial charge in [-0.3, -0.25) is 9.78 Å². The molecule has 0 fully saturated rings. The second-order valence-corrected chi connectivity index (χ2v) is 4.23. The molecule has 0 amide bonds. The Bertz CT molecular complexity index is 762. The zero-order valence-corrected chi connectivity index (χ0v) is 10.0. The van der Waals surface area contributed by atoms with Crippen LogP contribution in [0.5, 0.6) is 0 Å². The van der Waals surface area contributed by atoms with Gasteiger partial charge >= 0.3 is 0 Å². The maximum absolute atomic E-state index is 13.2. The molecule has 1 aromatic heterocycles. The monoisotopic (exact) mass is 251 g/mol. The van der Waals surface area contributed by atoms with E-state index in [1.807, 2.05) is 30.3 Å². The summed E-state index contributed by atoms with van der Waals surface area (Å²) in [5.74, 6) is -0.413. The van der Waals surface area contributed by atoms with Crippen LogP contribution in [0, 0.1) is 5.82 Å². The van der Waals surface area contributed by atoms with E-state index in [1.54, 1.807) is 12.3 Å². The number of benzene rings is 2. The lowest BCUT2D eigenvalue weighted by Crippen LogP contribution is -1.91. The number of hydrogen-bond donors (Lipinski definition) is 0. The molecule has 0 saturated heterocycles. The van der Waals surface area contributed by atoms with Crippen LogP contribution >= 0.6 is 0 Å². The first-order valence-corrected chi connectivity index (χ1v) is 5.88. The minimum atomic E-state index is -0.413. The topological polar surface area (TPSA) is 30.0 Å². The second-order valence-electron chi connectivity index (χ2n) is 4.23. The summed E-state index contributed by atoms with van der Waals surface area (Å²) in [6, 6.07) is 13.7. The number of carbonyl (C=O) groups is 1. The van der Waals surface area contributed by atoms with Crippen molar-refractivity contribution >= 4 is 17.2 Å². The largest absolute Gasteiger partial charge is 0.298 e. The third-order valence-electron chi connectivity index (χ3n) is 3.08. The number of aldehydes is 1. The second kappa shape index (κ2) is 4.61. The van der Waals surface area contributed by atoms with Gasteiger partial charge in [-0.25, -0.2) is 4.39 Å². The molecule has 3 aromatic rings. The average molecular weight is 251 g/mol. The van der Waals surface area contributed by atoms with Crippen LogP contribution in [-0.2, 0) is 0 Å². The molecule has 0 aliphatic rings. The molecule has 0 N–H and O–H groups in total. The Kier molecular flexibility index (Phi) is 2.80. The molecule has 19 heavy (non-hydrogen) atoms. The summed E-state index contributed by atoms with van der Waals surface area (Å²) in [6.07, 6.45) is 2.39. The predicted octanol–water partition coefficient (Wildman–Crippen LogP) is 3.85. The number of fused-ring (bicyclic) bond motifs is 1. The van der Waals surface area contributed by atoms with Crippen molar-refractivity contribution in [3.8, 4) is 11.1 Å². The van der Waals surface area contributed by atoms with Crippen molar-refractivity contribution in [3.63, 3.8) is 0 Å². The van der Waals surface area contributed by atoms with Gasteiger partial charge in [-0.05, 0) is 35.4 Å². The predicted molar refractivity (Wildman–Crippen MR) is 72.5 cm³/mol. The van der Waals surface area contributed by atoms with Crippen molar-refractivity contribution in [2.24, 2.45) is 0 Å². The van der Waals surface area contributed by atoms with Gasteiger partial charge < -0.3 is 0 Å². The molecule has 3 rings (SSSR count). The van der Waals surface area contributed by atoms with Gasteiger partial charge in [0.1, 0.15) is 5.82 Å². The van der Waals surface area contributed by atoms with Crippen molar-refractivity contribution in [1.29, 1.82) is 0 Å². The molecule has 0 bridgehead atoms. The Balaban J connectivity index is 2.33. The molecular weight excluding hydrogens is 241 g/mol. The summed E-state index contributed by atoms with van der Waals surface area (Å²) in [5.41, 5.74) is 2.79. The lowest BCUT2D eigenvalue weighted by Gasteiger charge is -2.08.